The van der Waals surface area contributed by atoms with Crippen molar-refractivity contribution < 1.29 is 27.5 Å². The number of nitrogens with one attached hydrogen (secondary N) is 1. The molecule has 2 aromatic rings. The van der Waals surface area contributed by atoms with Crippen LogP contribution in [0.3, 0.4) is 0 Å². The van der Waals surface area contributed by atoms with Crippen molar-refractivity contribution in [3.05, 3.63) is 53.8 Å². The quantitative estimate of drug-likeness (QED) is 0.811. The lowest BCUT2D eigenvalue weighted by Crippen LogP contribution is -2.28. The normalized spacial score (nSPS) is 16.5. The van der Waals surface area contributed by atoms with Gasteiger partial charge in [0.2, 0.25) is 11.8 Å². The Labute approximate surface area is 153 Å². The molecule has 8 heteroatoms. The Morgan fingerprint density at radius 2 is 1.89 bits per heavy atom. The van der Waals surface area contributed by atoms with Crippen LogP contribution in [0.1, 0.15) is 13.3 Å². The average molecular weight is 378 g/mol. The van der Waals surface area contributed by atoms with Gasteiger partial charge in [-0.05, 0) is 19.1 Å². The van der Waals surface area contributed by atoms with E-state index in [1.807, 2.05) is 6.92 Å². The minimum atomic E-state index is -1.35. The maximum Gasteiger partial charge on any atom is 0.229 e. The number of ether oxygens (including phenoxy) is 1. The Balaban J connectivity index is 1.76. The summed E-state index contributed by atoms with van der Waals surface area (Å²) in [6.07, 6.45) is -0.0857. The van der Waals surface area contributed by atoms with Gasteiger partial charge in [-0.25, -0.2) is 13.2 Å². The van der Waals surface area contributed by atoms with E-state index in [-0.39, 0.29) is 18.9 Å². The number of halogens is 3. The van der Waals surface area contributed by atoms with Crippen molar-refractivity contribution in [3.8, 4) is 5.75 Å². The Morgan fingerprint density at radius 1 is 1.19 bits per heavy atom. The van der Waals surface area contributed by atoms with E-state index in [2.05, 4.69) is 5.32 Å². The lowest BCUT2D eigenvalue weighted by atomic mass is 10.1. The van der Waals surface area contributed by atoms with Crippen LogP contribution in [-0.2, 0) is 9.59 Å². The lowest BCUT2D eigenvalue weighted by Gasteiger charge is -2.20. The molecule has 0 spiro atoms. The molecular weight excluding hydrogens is 361 g/mol. The van der Waals surface area contributed by atoms with Gasteiger partial charge in [-0.3, -0.25) is 9.59 Å². The molecule has 2 aromatic carbocycles. The van der Waals surface area contributed by atoms with Gasteiger partial charge in [-0.15, -0.1) is 0 Å². The highest BCUT2D eigenvalue weighted by atomic mass is 19.2. The number of amides is 2. The van der Waals surface area contributed by atoms with Crippen molar-refractivity contribution in [1.29, 1.82) is 0 Å². The minimum absolute atomic E-state index is 0.0695. The summed E-state index contributed by atoms with van der Waals surface area (Å²) < 4.78 is 45.5. The monoisotopic (exact) mass is 378 g/mol. The number of hydrogen-bond donors (Lipinski definition) is 1. The zero-order valence-corrected chi connectivity index (χ0v) is 14.5. The molecule has 0 saturated carbocycles. The molecule has 142 valence electrons. The molecule has 3 rings (SSSR count). The molecule has 1 N–H and O–H groups in total. The number of rotatable bonds is 5. The Bertz CT molecular complexity index is 888. The molecule has 1 unspecified atom stereocenters. The molecule has 0 bridgehead atoms. The third kappa shape index (κ3) is 3.89. The lowest BCUT2D eigenvalue weighted by molar-refractivity contribution is -0.122. The molecule has 0 aliphatic carbocycles. The van der Waals surface area contributed by atoms with Crippen LogP contribution < -0.4 is 15.0 Å². The molecule has 1 saturated heterocycles. The molecule has 1 atom stereocenters. The molecule has 1 aliphatic rings. The molecule has 2 amide bonds. The zero-order chi connectivity index (χ0) is 19.6. The summed E-state index contributed by atoms with van der Waals surface area (Å²) in [6, 6.07) is 7.87. The van der Waals surface area contributed by atoms with Crippen LogP contribution in [0.25, 0.3) is 0 Å². The Hall–Kier alpha value is -3.03. The summed E-state index contributed by atoms with van der Waals surface area (Å²) >= 11 is 0. The van der Waals surface area contributed by atoms with Gasteiger partial charge < -0.3 is 15.0 Å². The van der Waals surface area contributed by atoms with E-state index in [9.17, 15) is 22.8 Å². The smallest absolute Gasteiger partial charge is 0.229 e. The maximum atomic E-state index is 13.7. The molecule has 1 aliphatic heterocycles. The van der Waals surface area contributed by atoms with Gasteiger partial charge in [0, 0.05) is 25.1 Å². The van der Waals surface area contributed by atoms with E-state index < -0.39 is 35.0 Å². The second kappa shape index (κ2) is 7.69. The number of hydrogen-bond acceptors (Lipinski definition) is 3. The van der Waals surface area contributed by atoms with E-state index in [1.54, 1.807) is 24.3 Å². The van der Waals surface area contributed by atoms with Crippen molar-refractivity contribution in [2.45, 2.75) is 13.3 Å². The fraction of sp³-hybridized carbons (Fsp3) is 0.263. The van der Waals surface area contributed by atoms with E-state index >= 15 is 0 Å². The minimum Gasteiger partial charge on any atom is -0.492 e. The topological polar surface area (TPSA) is 58.6 Å². The van der Waals surface area contributed by atoms with E-state index in [1.165, 1.54) is 4.90 Å². The first-order chi connectivity index (χ1) is 12.9. The van der Waals surface area contributed by atoms with Crippen LogP contribution in [0, 0.1) is 23.4 Å². The summed E-state index contributed by atoms with van der Waals surface area (Å²) in [5, 5.41) is 2.22. The number of carbonyl (C=O) groups is 2. The standard InChI is InChI=1S/C19H17F3N2O3/c1-2-27-17-6-4-3-5-16(17)24-10-11(7-18(24)25)19(26)23-15-9-13(21)12(20)8-14(15)22/h3-6,8-9,11H,2,7,10H2,1H3,(H,23,26). The summed E-state index contributed by atoms with van der Waals surface area (Å²) in [4.78, 5) is 26.2. The Morgan fingerprint density at radius 3 is 2.63 bits per heavy atom. The van der Waals surface area contributed by atoms with Crippen LogP contribution in [0.4, 0.5) is 24.5 Å². The van der Waals surface area contributed by atoms with Crippen LogP contribution in [0.15, 0.2) is 36.4 Å². The molecule has 1 fully saturated rings. The van der Waals surface area contributed by atoms with Gasteiger partial charge >= 0.3 is 0 Å². The summed E-state index contributed by atoms with van der Waals surface area (Å²) in [6.45, 7) is 2.30. The van der Waals surface area contributed by atoms with Gasteiger partial charge in [-0.1, -0.05) is 12.1 Å². The van der Waals surface area contributed by atoms with Gasteiger partial charge in [0.15, 0.2) is 11.6 Å². The number of nitrogens with zero attached hydrogens (tertiary/aromatic N) is 1. The maximum absolute atomic E-state index is 13.7. The predicted molar refractivity (Wildman–Crippen MR) is 93.0 cm³/mol. The fourth-order valence-electron chi connectivity index (χ4n) is 2.93. The molecule has 27 heavy (non-hydrogen) atoms. The Kier molecular flexibility index (Phi) is 5.34. The highest BCUT2D eigenvalue weighted by Crippen LogP contribution is 2.33. The van der Waals surface area contributed by atoms with Crippen molar-refractivity contribution in [2.24, 2.45) is 5.92 Å². The van der Waals surface area contributed by atoms with Gasteiger partial charge in [0.05, 0.1) is 23.9 Å². The van der Waals surface area contributed by atoms with Gasteiger partial charge in [-0.2, -0.15) is 0 Å². The van der Waals surface area contributed by atoms with Gasteiger partial charge in [0.25, 0.3) is 0 Å². The van der Waals surface area contributed by atoms with Gasteiger partial charge in [0.1, 0.15) is 11.6 Å². The number of benzene rings is 2. The van der Waals surface area contributed by atoms with Crippen LogP contribution in [0.2, 0.25) is 0 Å². The van der Waals surface area contributed by atoms with E-state index in [0.29, 0.717) is 30.2 Å². The third-order valence-corrected chi connectivity index (χ3v) is 4.22. The molecule has 0 aromatic heterocycles. The van der Waals surface area contributed by atoms with Crippen LogP contribution in [-0.4, -0.2) is 25.0 Å². The molecule has 0 radical (unpaired) electrons. The molecule has 1 heterocycles. The third-order valence-electron chi connectivity index (χ3n) is 4.22. The van der Waals surface area contributed by atoms with E-state index in [0.717, 1.165) is 0 Å². The average Bonchev–Trinajstić information content (AvgIpc) is 3.02. The van der Waals surface area contributed by atoms with Crippen molar-refractivity contribution in [2.75, 3.05) is 23.4 Å². The fourth-order valence-corrected chi connectivity index (χ4v) is 2.93. The van der Waals surface area contributed by atoms with Crippen molar-refractivity contribution >= 4 is 23.2 Å². The van der Waals surface area contributed by atoms with Crippen molar-refractivity contribution in [1.82, 2.24) is 0 Å². The SMILES string of the molecule is CCOc1ccccc1N1CC(C(=O)Nc2cc(F)c(F)cc2F)CC1=O. The predicted octanol–water partition coefficient (Wildman–Crippen LogP) is 3.49. The van der Waals surface area contributed by atoms with E-state index in [4.69, 9.17) is 4.74 Å². The number of para-hydroxylation sites is 2. The first kappa shape index (κ1) is 18.8. The first-order valence-corrected chi connectivity index (χ1v) is 8.38. The second-order valence-electron chi connectivity index (χ2n) is 6.04. The molecular formula is C19H17F3N2O3. The van der Waals surface area contributed by atoms with Crippen LogP contribution in [0.5, 0.6) is 5.75 Å². The summed E-state index contributed by atoms with van der Waals surface area (Å²) in [7, 11) is 0. The van der Waals surface area contributed by atoms with Crippen LogP contribution >= 0.6 is 0 Å². The number of carbonyl (C=O) groups excluding carboxylic acids is 2. The zero-order valence-electron chi connectivity index (χ0n) is 14.5. The first-order valence-electron chi connectivity index (χ1n) is 8.38. The summed E-state index contributed by atoms with van der Waals surface area (Å²) in [5.41, 5.74) is 0.0678. The highest BCUT2D eigenvalue weighted by Gasteiger charge is 2.36. The highest BCUT2D eigenvalue weighted by molar-refractivity contribution is 6.04. The second-order valence-corrected chi connectivity index (χ2v) is 6.04. The largest absolute Gasteiger partial charge is 0.492 e. The van der Waals surface area contributed by atoms with Crippen molar-refractivity contribution in [3.63, 3.8) is 0 Å². The number of anilines is 2. The summed E-state index contributed by atoms with van der Waals surface area (Å²) in [5.74, 6) is -4.90. The molecule has 5 nitrogen and oxygen atoms in total.